The van der Waals surface area contributed by atoms with Crippen molar-refractivity contribution in [3.05, 3.63) is 73.7 Å². The monoisotopic (exact) mass is 613 g/mol. The van der Waals surface area contributed by atoms with Gasteiger partial charge in [0.15, 0.2) is 0 Å². The van der Waals surface area contributed by atoms with Gasteiger partial charge >= 0.3 is 11.7 Å². The number of nitrogens with zero attached hydrogens (tertiary/aromatic N) is 3. The number of fused-ring (bicyclic) bond motifs is 2. The maximum absolute atomic E-state index is 14.2. The van der Waals surface area contributed by atoms with Crippen LogP contribution in [0.3, 0.4) is 0 Å². The van der Waals surface area contributed by atoms with Crippen molar-refractivity contribution >= 4 is 39.1 Å². The molecule has 3 heterocycles. The van der Waals surface area contributed by atoms with E-state index in [4.69, 9.17) is 20.8 Å². The second kappa shape index (κ2) is 10.8. The second-order valence-corrected chi connectivity index (χ2v) is 13.3. The first-order valence-electron chi connectivity index (χ1n) is 14.0. The minimum absolute atomic E-state index is 0.00548. The van der Waals surface area contributed by atoms with Crippen molar-refractivity contribution in [3.63, 3.8) is 0 Å². The van der Waals surface area contributed by atoms with Gasteiger partial charge in [0.1, 0.15) is 22.7 Å². The number of ether oxygens (including phenoxy) is 1. The quantitative estimate of drug-likeness (QED) is 0.284. The molecule has 0 spiro atoms. The predicted molar refractivity (Wildman–Crippen MR) is 158 cm³/mol. The lowest BCUT2D eigenvalue weighted by molar-refractivity contribution is -0.146. The number of aromatic nitrogens is 3. The molecule has 2 aliphatic carbocycles. The molecule has 42 heavy (non-hydrogen) atoms. The van der Waals surface area contributed by atoms with Gasteiger partial charge in [0.05, 0.1) is 35.2 Å². The van der Waals surface area contributed by atoms with Gasteiger partial charge in [-0.25, -0.2) is 19.1 Å². The average molecular weight is 614 g/mol. The number of halogens is 1. The molecule has 4 unspecified atom stereocenters. The summed E-state index contributed by atoms with van der Waals surface area (Å²) in [5.74, 6) is -0.248. The molecular formula is C30H32ClN3O7S. The number of hydrogen-bond acceptors (Lipinski definition) is 8. The zero-order valence-corrected chi connectivity index (χ0v) is 25.0. The van der Waals surface area contributed by atoms with Crippen molar-refractivity contribution in [2.45, 2.75) is 76.9 Å². The van der Waals surface area contributed by atoms with Crippen molar-refractivity contribution < 1.29 is 24.2 Å². The molecule has 2 fully saturated rings. The number of rotatable bonds is 8. The van der Waals surface area contributed by atoms with Gasteiger partial charge in [-0.15, -0.1) is 11.3 Å². The van der Waals surface area contributed by atoms with E-state index in [1.54, 1.807) is 13.0 Å². The number of carbonyl (C=O) groups is 1. The average Bonchev–Trinajstić information content (AvgIpc) is 3.70. The van der Waals surface area contributed by atoms with Crippen molar-refractivity contribution in [2.24, 2.45) is 11.8 Å². The van der Waals surface area contributed by atoms with Gasteiger partial charge in [-0.05, 0) is 69.9 Å². The highest BCUT2D eigenvalue weighted by Crippen LogP contribution is 2.46. The normalized spacial score (nSPS) is 23.0. The van der Waals surface area contributed by atoms with Crippen molar-refractivity contribution in [1.29, 1.82) is 0 Å². The number of aryl methyl sites for hydroxylation is 1. The van der Waals surface area contributed by atoms with Crippen molar-refractivity contribution in [2.75, 3.05) is 0 Å². The van der Waals surface area contributed by atoms with Gasteiger partial charge in [0.25, 0.3) is 5.56 Å². The number of thiophene rings is 1. The molecule has 3 aromatic heterocycles. The molecule has 2 saturated carbocycles. The maximum Gasteiger partial charge on any atom is 0.333 e. The van der Waals surface area contributed by atoms with Crippen LogP contribution in [0.1, 0.15) is 56.8 Å². The van der Waals surface area contributed by atoms with E-state index in [9.17, 15) is 24.6 Å². The summed E-state index contributed by atoms with van der Waals surface area (Å²) >= 11 is 7.85. The fourth-order valence-electron chi connectivity index (χ4n) is 6.62. The Balaban J connectivity index is 1.52. The maximum atomic E-state index is 14.2. The smallest absolute Gasteiger partial charge is 0.333 e. The SMILES string of the molecule is Cc1c(-c2ncco2)sc2c1c(=O)n(C(C)(C)C(=O)O)c(=O)n2CC(OC1CC2CC(O)C[C@H]2C1)c1ccccc1Cl. The number of hydrogen-bond donors (Lipinski definition) is 2. The summed E-state index contributed by atoms with van der Waals surface area (Å²) < 4.78 is 14.5. The molecule has 10 nitrogen and oxygen atoms in total. The van der Waals surface area contributed by atoms with E-state index in [-0.39, 0.29) is 24.1 Å². The fourth-order valence-corrected chi connectivity index (χ4v) is 8.12. The highest BCUT2D eigenvalue weighted by molar-refractivity contribution is 7.22. The van der Waals surface area contributed by atoms with E-state index in [1.807, 2.05) is 18.2 Å². The van der Waals surface area contributed by atoms with E-state index in [0.717, 1.165) is 30.3 Å². The van der Waals surface area contributed by atoms with Crippen LogP contribution in [0.25, 0.3) is 21.0 Å². The number of aliphatic carboxylic acids is 1. The van der Waals surface area contributed by atoms with E-state index in [1.165, 1.54) is 42.2 Å². The lowest BCUT2D eigenvalue weighted by atomic mass is 10.0. The Hall–Kier alpha value is -3.25. The summed E-state index contributed by atoms with van der Waals surface area (Å²) in [5.41, 5.74) is -2.04. The van der Waals surface area contributed by atoms with Gasteiger partial charge in [-0.1, -0.05) is 29.8 Å². The van der Waals surface area contributed by atoms with Crippen molar-refractivity contribution in [3.8, 4) is 10.8 Å². The third kappa shape index (κ3) is 4.82. The fraction of sp³-hybridized carbons (Fsp3) is 0.467. The van der Waals surface area contributed by atoms with Crippen LogP contribution in [0.4, 0.5) is 0 Å². The lowest BCUT2D eigenvalue weighted by Gasteiger charge is -2.27. The number of benzene rings is 1. The minimum atomic E-state index is -1.83. The Morgan fingerprint density at radius 2 is 1.90 bits per heavy atom. The highest BCUT2D eigenvalue weighted by atomic mass is 35.5. The van der Waals surface area contributed by atoms with E-state index < -0.39 is 28.9 Å². The Labute approximate surface area is 250 Å². The van der Waals surface area contributed by atoms with Gasteiger partial charge < -0.3 is 19.4 Å². The molecule has 5 atom stereocenters. The van der Waals surface area contributed by atoms with E-state index in [2.05, 4.69) is 4.98 Å². The topological polar surface area (TPSA) is 137 Å². The molecule has 0 aliphatic heterocycles. The molecule has 2 aliphatic rings. The molecule has 4 aromatic rings. The molecule has 222 valence electrons. The minimum Gasteiger partial charge on any atom is -0.480 e. The molecule has 2 N–H and O–H groups in total. The first-order valence-corrected chi connectivity index (χ1v) is 15.2. The Morgan fingerprint density at radius 1 is 1.21 bits per heavy atom. The van der Waals surface area contributed by atoms with Gasteiger partial charge in [-0.2, -0.15) is 0 Å². The number of carboxylic acid groups (broad SMARTS) is 1. The Kier molecular flexibility index (Phi) is 7.41. The van der Waals surface area contributed by atoms with E-state index in [0.29, 0.717) is 43.6 Å². The van der Waals surface area contributed by atoms with Crippen LogP contribution >= 0.6 is 22.9 Å². The third-order valence-electron chi connectivity index (χ3n) is 8.83. The summed E-state index contributed by atoms with van der Waals surface area (Å²) in [6, 6.07) is 7.27. The first kappa shape index (κ1) is 28.9. The third-order valence-corrected chi connectivity index (χ3v) is 10.5. The lowest BCUT2D eigenvalue weighted by Crippen LogP contribution is -2.52. The number of aliphatic hydroxyl groups excluding tert-OH is 1. The number of oxazole rings is 1. The largest absolute Gasteiger partial charge is 0.480 e. The zero-order valence-electron chi connectivity index (χ0n) is 23.4. The second-order valence-electron chi connectivity index (χ2n) is 11.9. The molecule has 0 radical (unpaired) electrons. The summed E-state index contributed by atoms with van der Waals surface area (Å²) in [6.45, 7) is 4.40. The van der Waals surface area contributed by atoms with Gasteiger partial charge in [0.2, 0.25) is 5.89 Å². The molecule has 0 saturated heterocycles. The summed E-state index contributed by atoms with van der Waals surface area (Å²) in [6.07, 6.45) is 4.99. The number of carboxylic acids is 1. The standard InChI is InChI=1S/C30H32ClN3O7S/c1-15-23-26(36)34(30(2,3)28(37)38)29(39)33(27(23)42-24(15)25-32-8-9-40-25)14-22(20-6-4-5-7-21(20)31)41-19-12-16-10-18(35)11-17(16)13-19/h4-9,16-19,22,35H,10-14H2,1-3H3,(H,37,38)/t16-,17?,18?,19?,22?/m0/s1. The highest BCUT2D eigenvalue weighted by Gasteiger charge is 2.43. The molecule has 0 amide bonds. The molecular weight excluding hydrogens is 582 g/mol. The van der Waals surface area contributed by atoms with E-state index >= 15 is 0 Å². The van der Waals surface area contributed by atoms with Crippen LogP contribution in [-0.2, 0) is 21.6 Å². The van der Waals surface area contributed by atoms with Crippen LogP contribution in [0, 0.1) is 18.8 Å². The molecule has 12 heteroatoms. The first-order chi connectivity index (χ1) is 20.0. The summed E-state index contributed by atoms with van der Waals surface area (Å²) in [7, 11) is 0. The Morgan fingerprint density at radius 3 is 2.52 bits per heavy atom. The Bertz CT molecular complexity index is 1760. The summed E-state index contributed by atoms with van der Waals surface area (Å²) in [5, 5.41) is 20.8. The van der Waals surface area contributed by atoms with Crippen LogP contribution in [0.2, 0.25) is 5.02 Å². The predicted octanol–water partition coefficient (Wildman–Crippen LogP) is 4.97. The van der Waals surface area contributed by atoms with Crippen molar-refractivity contribution in [1.82, 2.24) is 14.1 Å². The van der Waals surface area contributed by atoms with Crippen LogP contribution in [0.15, 0.2) is 50.7 Å². The molecule has 0 bridgehead atoms. The summed E-state index contributed by atoms with van der Waals surface area (Å²) in [4.78, 5) is 45.5. The van der Waals surface area contributed by atoms with Gasteiger partial charge in [-0.3, -0.25) is 9.36 Å². The van der Waals surface area contributed by atoms with Crippen LogP contribution in [0.5, 0.6) is 0 Å². The molecule has 6 rings (SSSR count). The van der Waals surface area contributed by atoms with Gasteiger partial charge in [0, 0.05) is 10.6 Å². The zero-order chi connectivity index (χ0) is 29.9. The van der Waals surface area contributed by atoms with Crippen LogP contribution in [-0.4, -0.2) is 42.5 Å². The van der Waals surface area contributed by atoms with Crippen LogP contribution < -0.4 is 11.2 Å². The number of aliphatic hydroxyl groups is 1. The molecule has 1 aromatic carbocycles.